The van der Waals surface area contributed by atoms with Gasteiger partial charge in [0.2, 0.25) is 0 Å². The van der Waals surface area contributed by atoms with Crippen molar-refractivity contribution < 1.29 is 4.79 Å². The van der Waals surface area contributed by atoms with Crippen molar-refractivity contribution in [3.8, 4) is 5.69 Å². The largest absolute Gasteiger partial charge is 0.322 e. The Balaban J connectivity index is 1.62. The third-order valence-corrected chi connectivity index (χ3v) is 6.89. The van der Waals surface area contributed by atoms with Crippen LogP contribution in [0.4, 0.5) is 10.5 Å². The molecule has 196 valence electrons. The molecule has 2 amide bonds. The van der Waals surface area contributed by atoms with Crippen LogP contribution < -0.4 is 10.9 Å². The second-order valence-electron chi connectivity index (χ2n) is 9.62. The van der Waals surface area contributed by atoms with Crippen LogP contribution in [-0.2, 0) is 6.42 Å². The lowest BCUT2D eigenvalue weighted by molar-refractivity contribution is 0.182. The number of hydrogen-bond donors (Lipinski definition) is 1. The second kappa shape index (κ2) is 11.8. The maximum Gasteiger partial charge on any atom is 0.322 e. The summed E-state index contributed by atoms with van der Waals surface area (Å²) in [5.74, 6) is 0.542. The van der Waals surface area contributed by atoms with Crippen LogP contribution in [0.5, 0.6) is 0 Å². The summed E-state index contributed by atoms with van der Waals surface area (Å²) in [6.45, 7) is 4.48. The average molecular weight is 517 g/mol. The normalized spacial score (nSPS) is 11.7. The van der Waals surface area contributed by atoms with Crippen molar-refractivity contribution in [2.75, 3.05) is 11.9 Å². The van der Waals surface area contributed by atoms with Gasteiger partial charge in [0.05, 0.1) is 22.6 Å². The summed E-state index contributed by atoms with van der Waals surface area (Å²) in [5.41, 5.74) is 4.10. The number of nitrogens with zero attached hydrogens (tertiary/aromatic N) is 3. The fourth-order valence-electron chi connectivity index (χ4n) is 4.95. The van der Waals surface area contributed by atoms with E-state index < -0.39 is 6.04 Å². The first-order valence-corrected chi connectivity index (χ1v) is 13.3. The molecular weight excluding hydrogens is 484 g/mol. The lowest BCUT2D eigenvalue weighted by atomic mass is 10.1. The summed E-state index contributed by atoms with van der Waals surface area (Å²) < 4.78 is 1.66. The van der Waals surface area contributed by atoms with Gasteiger partial charge in [-0.15, -0.1) is 0 Å². The first-order chi connectivity index (χ1) is 19.0. The lowest BCUT2D eigenvalue weighted by Crippen LogP contribution is -2.42. The molecule has 6 nitrogen and oxygen atoms in total. The van der Waals surface area contributed by atoms with Gasteiger partial charge in [-0.2, -0.15) is 0 Å². The van der Waals surface area contributed by atoms with Crippen molar-refractivity contribution in [1.82, 2.24) is 14.5 Å². The highest BCUT2D eigenvalue weighted by Gasteiger charge is 2.29. The van der Waals surface area contributed by atoms with E-state index in [9.17, 15) is 9.59 Å². The van der Waals surface area contributed by atoms with E-state index in [0.29, 0.717) is 36.1 Å². The molecule has 0 fully saturated rings. The van der Waals surface area contributed by atoms with Gasteiger partial charge in [-0.3, -0.25) is 9.36 Å². The van der Waals surface area contributed by atoms with Gasteiger partial charge in [-0.05, 0) is 67.3 Å². The number of nitrogens with one attached hydrogen (secondary N) is 1. The quantitative estimate of drug-likeness (QED) is 0.243. The van der Waals surface area contributed by atoms with Gasteiger partial charge in [0.1, 0.15) is 5.82 Å². The van der Waals surface area contributed by atoms with Crippen molar-refractivity contribution in [3.63, 3.8) is 0 Å². The van der Waals surface area contributed by atoms with Gasteiger partial charge >= 0.3 is 6.03 Å². The molecule has 6 heteroatoms. The molecule has 0 aliphatic rings. The van der Waals surface area contributed by atoms with E-state index in [2.05, 4.69) is 17.4 Å². The van der Waals surface area contributed by atoms with Crippen molar-refractivity contribution >= 4 is 22.6 Å². The minimum absolute atomic E-state index is 0.151. The van der Waals surface area contributed by atoms with Crippen molar-refractivity contribution in [2.24, 2.45) is 0 Å². The van der Waals surface area contributed by atoms with Crippen LogP contribution in [0, 0.1) is 6.92 Å². The number of carbonyl (C=O) groups excluding carboxylic acids is 1. The summed E-state index contributed by atoms with van der Waals surface area (Å²) in [4.78, 5) is 34.6. The monoisotopic (exact) mass is 516 g/mol. The molecule has 0 saturated carbocycles. The summed E-state index contributed by atoms with van der Waals surface area (Å²) in [6, 6.07) is 34.1. The topological polar surface area (TPSA) is 67.2 Å². The van der Waals surface area contributed by atoms with E-state index in [1.807, 2.05) is 110 Å². The first kappa shape index (κ1) is 25.9. The molecule has 5 rings (SSSR count). The number of para-hydroxylation sites is 2. The van der Waals surface area contributed by atoms with Gasteiger partial charge in [0.25, 0.3) is 5.56 Å². The summed E-state index contributed by atoms with van der Waals surface area (Å²) >= 11 is 0. The Morgan fingerprint density at radius 1 is 0.897 bits per heavy atom. The Bertz CT molecular complexity index is 1630. The minimum Gasteiger partial charge on any atom is -0.314 e. The maximum atomic E-state index is 13.9. The van der Waals surface area contributed by atoms with Crippen molar-refractivity contribution in [1.29, 1.82) is 0 Å². The Kier molecular flexibility index (Phi) is 7.83. The van der Waals surface area contributed by atoms with E-state index >= 15 is 0 Å². The van der Waals surface area contributed by atoms with Crippen LogP contribution in [0.3, 0.4) is 0 Å². The van der Waals surface area contributed by atoms with E-state index in [4.69, 9.17) is 4.98 Å². The van der Waals surface area contributed by atoms with Gasteiger partial charge in [0, 0.05) is 12.2 Å². The highest BCUT2D eigenvalue weighted by atomic mass is 16.2. The molecule has 1 atom stereocenters. The number of aromatic nitrogens is 2. The summed E-state index contributed by atoms with van der Waals surface area (Å²) in [6.07, 6.45) is 1.25. The third kappa shape index (κ3) is 5.75. The predicted molar refractivity (Wildman–Crippen MR) is 157 cm³/mol. The molecule has 1 heterocycles. The molecule has 39 heavy (non-hydrogen) atoms. The zero-order chi connectivity index (χ0) is 27.2. The van der Waals surface area contributed by atoms with Crippen LogP contribution in [0.2, 0.25) is 0 Å². The molecule has 0 aliphatic heterocycles. The number of fused-ring (bicyclic) bond motifs is 1. The molecule has 0 aliphatic carbocycles. The summed E-state index contributed by atoms with van der Waals surface area (Å²) in [7, 11) is 0. The number of benzene rings is 4. The van der Waals surface area contributed by atoms with Crippen LogP contribution >= 0.6 is 0 Å². The highest BCUT2D eigenvalue weighted by Crippen LogP contribution is 2.27. The van der Waals surface area contributed by atoms with E-state index in [0.717, 1.165) is 22.5 Å². The molecule has 0 radical (unpaired) electrons. The number of carbonyl (C=O) groups is 1. The van der Waals surface area contributed by atoms with Crippen molar-refractivity contribution in [2.45, 2.75) is 32.7 Å². The number of anilines is 1. The van der Waals surface area contributed by atoms with Crippen LogP contribution in [-0.4, -0.2) is 27.0 Å². The number of urea groups is 1. The first-order valence-electron chi connectivity index (χ1n) is 13.3. The van der Waals surface area contributed by atoms with Crippen LogP contribution in [0.25, 0.3) is 16.6 Å². The zero-order valence-electron chi connectivity index (χ0n) is 22.2. The molecule has 1 N–H and O–H groups in total. The van der Waals surface area contributed by atoms with E-state index in [-0.39, 0.29) is 11.6 Å². The standard InChI is InChI=1S/C33H32N4O2/c1-3-30(31-35-29-20-11-10-19-28(29)32(38)37(31)27-17-8-5-9-18-27)36(22-21-25-14-6-4-7-15-25)33(39)34-26-16-12-13-24(2)23-26/h4-20,23,30H,3,21-22H2,1-2H3,(H,34,39). The smallest absolute Gasteiger partial charge is 0.314 e. The minimum atomic E-state index is -0.448. The lowest BCUT2D eigenvalue weighted by Gasteiger charge is -2.32. The van der Waals surface area contributed by atoms with Crippen molar-refractivity contribution in [3.05, 3.63) is 136 Å². The number of amides is 2. The second-order valence-corrected chi connectivity index (χ2v) is 9.62. The van der Waals surface area contributed by atoms with Gasteiger partial charge < -0.3 is 10.2 Å². The number of aryl methyl sites for hydroxylation is 1. The Morgan fingerprint density at radius 2 is 1.59 bits per heavy atom. The fraction of sp³-hybridized carbons (Fsp3) is 0.182. The van der Waals surface area contributed by atoms with Crippen LogP contribution in [0.1, 0.15) is 36.3 Å². The van der Waals surface area contributed by atoms with E-state index in [1.54, 1.807) is 10.6 Å². The molecule has 1 unspecified atom stereocenters. The predicted octanol–water partition coefficient (Wildman–Crippen LogP) is 6.92. The van der Waals surface area contributed by atoms with Gasteiger partial charge in [0.15, 0.2) is 0 Å². The molecule has 0 spiro atoms. The van der Waals surface area contributed by atoms with Crippen LogP contribution in [0.15, 0.2) is 114 Å². The zero-order valence-corrected chi connectivity index (χ0v) is 22.2. The van der Waals surface area contributed by atoms with E-state index in [1.165, 1.54) is 0 Å². The number of rotatable bonds is 8. The molecular formula is C33H32N4O2. The molecule has 0 saturated heterocycles. The molecule has 5 aromatic rings. The highest BCUT2D eigenvalue weighted by molar-refractivity contribution is 5.89. The average Bonchev–Trinajstić information content (AvgIpc) is 2.96. The number of hydrogen-bond acceptors (Lipinski definition) is 3. The Morgan fingerprint density at radius 3 is 2.31 bits per heavy atom. The fourth-order valence-corrected chi connectivity index (χ4v) is 4.95. The third-order valence-electron chi connectivity index (χ3n) is 6.89. The Hall–Kier alpha value is -4.71. The maximum absolute atomic E-state index is 13.9. The van der Waals surface area contributed by atoms with Gasteiger partial charge in [-0.1, -0.05) is 79.7 Å². The molecule has 1 aromatic heterocycles. The molecule has 0 bridgehead atoms. The Labute approximate surface area is 228 Å². The summed E-state index contributed by atoms with van der Waals surface area (Å²) in [5, 5.41) is 3.63. The molecule has 4 aromatic carbocycles. The SMILES string of the molecule is CCC(c1nc2ccccc2c(=O)n1-c1ccccc1)N(CCc1ccccc1)C(=O)Nc1cccc(C)c1. The van der Waals surface area contributed by atoms with Gasteiger partial charge in [-0.25, -0.2) is 9.78 Å².